The van der Waals surface area contributed by atoms with Gasteiger partial charge in [-0.2, -0.15) is 0 Å². The molecule has 11 nitrogen and oxygen atoms in total. The van der Waals surface area contributed by atoms with Gasteiger partial charge in [0.05, 0.1) is 6.04 Å². The van der Waals surface area contributed by atoms with E-state index in [0.29, 0.717) is 17.5 Å². The number of carboxylic acid groups (broad SMARTS) is 1. The standard InChI is InChI=1S/C30H42N4O7/c1-17(2)13-23(31)27(37)32-25(15-19-5-9-21(35)10-6-19)29(39)33-24(14-18(3)4)28(38)34-26(30(40)41)16-20-7-11-22(36)12-8-20/h5-12,17-18,23-26,35-36H,13-16,31H2,1-4H3,(H,32,37)(H,33,39)(H,34,38)(H,40,41). The first-order chi connectivity index (χ1) is 19.2. The molecule has 0 bridgehead atoms. The molecule has 0 heterocycles. The number of hydrogen-bond donors (Lipinski definition) is 7. The van der Waals surface area contributed by atoms with E-state index in [4.69, 9.17) is 5.73 Å². The van der Waals surface area contributed by atoms with Crippen LogP contribution in [0.1, 0.15) is 51.7 Å². The second-order valence-electron chi connectivity index (χ2n) is 11.1. The van der Waals surface area contributed by atoms with Gasteiger partial charge in [-0.15, -0.1) is 0 Å². The Morgan fingerprint density at radius 2 is 1.02 bits per heavy atom. The first-order valence-corrected chi connectivity index (χ1v) is 13.7. The molecule has 4 unspecified atom stereocenters. The largest absolute Gasteiger partial charge is 0.508 e. The average molecular weight is 571 g/mol. The lowest BCUT2D eigenvalue weighted by molar-refractivity contribution is -0.142. The summed E-state index contributed by atoms with van der Waals surface area (Å²) in [6.07, 6.45) is 0.670. The zero-order chi connectivity index (χ0) is 30.7. The Hall–Kier alpha value is -4.12. The van der Waals surface area contributed by atoms with E-state index in [0.717, 1.165) is 0 Å². The number of benzene rings is 2. The number of phenols is 2. The lowest BCUT2D eigenvalue weighted by Gasteiger charge is -2.26. The number of nitrogens with two attached hydrogens (primary N) is 1. The number of aliphatic carboxylic acids is 1. The van der Waals surface area contributed by atoms with Gasteiger partial charge in [-0.05, 0) is 60.1 Å². The molecule has 0 saturated heterocycles. The van der Waals surface area contributed by atoms with E-state index >= 15 is 0 Å². The molecule has 8 N–H and O–H groups in total. The van der Waals surface area contributed by atoms with Crippen LogP contribution < -0.4 is 21.7 Å². The van der Waals surface area contributed by atoms with E-state index in [1.54, 1.807) is 24.3 Å². The Morgan fingerprint density at radius 1 is 0.634 bits per heavy atom. The van der Waals surface area contributed by atoms with Gasteiger partial charge < -0.3 is 37.0 Å². The summed E-state index contributed by atoms with van der Waals surface area (Å²) in [5, 5.41) is 36.8. The SMILES string of the molecule is CC(C)CC(N)C(=O)NC(Cc1ccc(O)cc1)C(=O)NC(CC(C)C)C(=O)NC(Cc1ccc(O)cc1)C(=O)O. The monoisotopic (exact) mass is 570 g/mol. The van der Waals surface area contributed by atoms with E-state index in [1.807, 2.05) is 27.7 Å². The lowest BCUT2D eigenvalue weighted by atomic mass is 9.99. The van der Waals surface area contributed by atoms with Gasteiger partial charge in [-0.25, -0.2) is 4.79 Å². The molecular weight excluding hydrogens is 528 g/mol. The molecule has 0 fully saturated rings. The minimum atomic E-state index is -1.28. The zero-order valence-corrected chi connectivity index (χ0v) is 24.0. The molecule has 0 aliphatic heterocycles. The van der Waals surface area contributed by atoms with Gasteiger partial charge in [0.15, 0.2) is 0 Å². The Kier molecular flexibility index (Phi) is 12.6. The molecule has 2 aromatic rings. The highest BCUT2D eigenvalue weighted by Gasteiger charge is 2.31. The highest BCUT2D eigenvalue weighted by molar-refractivity contribution is 5.94. The van der Waals surface area contributed by atoms with E-state index < -0.39 is 47.9 Å². The minimum absolute atomic E-state index is 0.0308. The normalized spacial score (nSPS) is 14.1. The molecule has 0 aliphatic carbocycles. The summed E-state index contributed by atoms with van der Waals surface area (Å²) < 4.78 is 0. The number of aromatic hydroxyl groups is 2. The summed E-state index contributed by atoms with van der Waals surface area (Å²) in [6, 6.07) is 7.86. The third-order valence-electron chi connectivity index (χ3n) is 6.40. The first kappa shape index (κ1) is 33.1. The van der Waals surface area contributed by atoms with Gasteiger partial charge >= 0.3 is 5.97 Å². The fraction of sp³-hybridized carbons (Fsp3) is 0.467. The van der Waals surface area contributed by atoms with Crippen LogP contribution in [0.25, 0.3) is 0 Å². The van der Waals surface area contributed by atoms with Crippen LogP contribution in [0, 0.1) is 11.8 Å². The molecule has 11 heteroatoms. The number of carbonyl (C=O) groups is 4. The predicted molar refractivity (Wildman–Crippen MR) is 154 cm³/mol. The van der Waals surface area contributed by atoms with Crippen LogP contribution in [-0.2, 0) is 32.0 Å². The predicted octanol–water partition coefficient (Wildman–Crippen LogP) is 1.84. The molecule has 0 saturated carbocycles. The van der Waals surface area contributed by atoms with Crippen molar-refractivity contribution < 1.29 is 34.5 Å². The second-order valence-corrected chi connectivity index (χ2v) is 11.1. The first-order valence-electron chi connectivity index (χ1n) is 13.7. The van der Waals surface area contributed by atoms with Crippen LogP contribution in [0.4, 0.5) is 0 Å². The van der Waals surface area contributed by atoms with E-state index in [1.165, 1.54) is 24.3 Å². The third kappa shape index (κ3) is 11.5. The highest BCUT2D eigenvalue weighted by Crippen LogP contribution is 2.14. The molecule has 41 heavy (non-hydrogen) atoms. The van der Waals surface area contributed by atoms with E-state index in [-0.39, 0.29) is 42.6 Å². The maximum atomic E-state index is 13.5. The van der Waals surface area contributed by atoms with Crippen molar-refractivity contribution >= 4 is 23.7 Å². The Labute approximate surface area is 240 Å². The lowest BCUT2D eigenvalue weighted by Crippen LogP contribution is -2.58. The van der Waals surface area contributed by atoms with Gasteiger partial charge in [0, 0.05) is 12.8 Å². The van der Waals surface area contributed by atoms with Gasteiger partial charge in [0.25, 0.3) is 0 Å². The smallest absolute Gasteiger partial charge is 0.326 e. The van der Waals surface area contributed by atoms with Crippen LogP contribution in [0.2, 0.25) is 0 Å². The number of amides is 3. The van der Waals surface area contributed by atoms with Crippen LogP contribution in [0.15, 0.2) is 48.5 Å². The molecule has 0 radical (unpaired) electrons. The molecule has 0 aliphatic rings. The van der Waals surface area contributed by atoms with Gasteiger partial charge in [-0.3, -0.25) is 14.4 Å². The number of rotatable bonds is 15. The quantitative estimate of drug-likeness (QED) is 0.169. The zero-order valence-electron chi connectivity index (χ0n) is 24.0. The third-order valence-corrected chi connectivity index (χ3v) is 6.40. The van der Waals surface area contributed by atoms with Gasteiger partial charge in [0.1, 0.15) is 29.6 Å². The summed E-state index contributed by atoms with van der Waals surface area (Å²) in [7, 11) is 0. The molecule has 224 valence electrons. The Balaban J connectivity index is 2.24. The summed E-state index contributed by atoms with van der Waals surface area (Å²) in [5.41, 5.74) is 7.29. The highest BCUT2D eigenvalue weighted by atomic mass is 16.4. The molecule has 2 rings (SSSR count). The van der Waals surface area contributed by atoms with Crippen LogP contribution in [-0.4, -0.2) is 63.2 Å². The topological polar surface area (TPSA) is 191 Å². The van der Waals surface area contributed by atoms with E-state index in [2.05, 4.69) is 16.0 Å². The van der Waals surface area contributed by atoms with E-state index in [9.17, 15) is 34.5 Å². The molecular formula is C30H42N4O7. The molecule has 3 amide bonds. The fourth-order valence-electron chi connectivity index (χ4n) is 4.29. The van der Waals surface area contributed by atoms with Crippen molar-refractivity contribution in [1.82, 2.24) is 16.0 Å². The minimum Gasteiger partial charge on any atom is -0.508 e. The summed E-state index contributed by atoms with van der Waals surface area (Å²) in [6.45, 7) is 7.57. The van der Waals surface area contributed by atoms with Crippen molar-refractivity contribution in [2.75, 3.05) is 0 Å². The van der Waals surface area contributed by atoms with Crippen molar-refractivity contribution in [3.05, 3.63) is 59.7 Å². The number of nitrogens with one attached hydrogen (secondary N) is 3. The molecule has 2 aromatic carbocycles. The average Bonchev–Trinajstić information content (AvgIpc) is 2.89. The Bertz CT molecular complexity index is 1170. The summed E-state index contributed by atoms with van der Waals surface area (Å²) in [4.78, 5) is 51.6. The van der Waals surface area contributed by atoms with Crippen molar-refractivity contribution in [3.8, 4) is 11.5 Å². The second kappa shape index (κ2) is 15.6. The van der Waals surface area contributed by atoms with Gasteiger partial charge in [0.2, 0.25) is 17.7 Å². The van der Waals surface area contributed by atoms with Crippen LogP contribution >= 0.6 is 0 Å². The maximum absolute atomic E-state index is 13.5. The van der Waals surface area contributed by atoms with Crippen molar-refractivity contribution in [1.29, 1.82) is 0 Å². The number of carboxylic acids is 1. The molecule has 0 spiro atoms. The van der Waals surface area contributed by atoms with Crippen molar-refractivity contribution in [3.63, 3.8) is 0 Å². The maximum Gasteiger partial charge on any atom is 0.326 e. The number of phenolic OH excluding ortho intramolecular Hbond substituents is 2. The molecule has 0 aromatic heterocycles. The van der Waals surface area contributed by atoms with Crippen molar-refractivity contribution in [2.24, 2.45) is 17.6 Å². The molecule has 4 atom stereocenters. The number of hydrogen-bond acceptors (Lipinski definition) is 7. The fourth-order valence-corrected chi connectivity index (χ4v) is 4.29. The summed E-state index contributed by atoms with van der Waals surface area (Å²) in [5.74, 6) is -2.87. The van der Waals surface area contributed by atoms with Gasteiger partial charge in [-0.1, -0.05) is 52.0 Å². The van der Waals surface area contributed by atoms with Crippen LogP contribution in [0.3, 0.4) is 0 Å². The van der Waals surface area contributed by atoms with Crippen LogP contribution in [0.5, 0.6) is 11.5 Å². The Morgan fingerprint density at radius 3 is 1.46 bits per heavy atom. The summed E-state index contributed by atoms with van der Waals surface area (Å²) >= 11 is 0. The number of carbonyl (C=O) groups excluding carboxylic acids is 3. The van der Waals surface area contributed by atoms with Crippen molar-refractivity contribution in [2.45, 2.75) is 77.5 Å².